The maximum Gasteiger partial charge on any atom is 0.220 e. The van der Waals surface area contributed by atoms with Gasteiger partial charge in [0.25, 0.3) is 0 Å². The highest BCUT2D eigenvalue weighted by Crippen LogP contribution is 2.23. The average molecular weight is 906 g/mol. The molecule has 0 aliphatic carbocycles. The van der Waals surface area contributed by atoms with E-state index in [2.05, 4.69) is 43.5 Å². The van der Waals surface area contributed by atoms with Crippen molar-refractivity contribution in [3.63, 3.8) is 0 Å². The summed E-state index contributed by atoms with van der Waals surface area (Å²) in [6, 6.07) is -0.825. The molecule has 1 rings (SSSR count). The van der Waals surface area contributed by atoms with Crippen LogP contribution in [-0.4, -0.2) is 87.5 Å². The largest absolute Gasteiger partial charge is 0.394 e. The molecule has 9 heteroatoms. The molecule has 0 aromatic rings. The number of carbonyl (C=O) groups excluding carboxylic acids is 1. The molecule has 9 nitrogen and oxygen atoms in total. The number of carbonyl (C=O) groups is 1. The molecule has 0 aromatic carbocycles. The van der Waals surface area contributed by atoms with Crippen molar-refractivity contribution in [3.05, 3.63) is 36.5 Å². The van der Waals surface area contributed by atoms with Gasteiger partial charge in [-0.2, -0.15) is 0 Å². The number of aliphatic hydroxyl groups is 5. The third-order valence-electron chi connectivity index (χ3n) is 12.9. The van der Waals surface area contributed by atoms with Crippen LogP contribution in [0.25, 0.3) is 0 Å². The van der Waals surface area contributed by atoms with E-state index in [1.54, 1.807) is 6.08 Å². The predicted octanol–water partition coefficient (Wildman–Crippen LogP) is 12.8. The second-order valence-electron chi connectivity index (χ2n) is 19.0. The Labute approximate surface area is 393 Å². The first-order valence-corrected chi connectivity index (χ1v) is 27.2. The Hall–Kier alpha value is -1.59. The first-order valence-electron chi connectivity index (χ1n) is 27.2. The van der Waals surface area contributed by atoms with Gasteiger partial charge in [-0.1, -0.05) is 237 Å². The van der Waals surface area contributed by atoms with E-state index in [4.69, 9.17) is 9.47 Å². The number of ether oxygens (including phenoxy) is 2. The zero-order chi connectivity index (χ0) is 46.6. The van der Waals surface area contributed by atoms with Crippen molar-refractivity contribution < 1.29 is 39.8 Å². The van der Waals surface area contributed by atoms with E-state index in [1.165, 1.54) is 186 Å². The average Bonchev–Trinajstić information content (AvgIpc) is 3.29. The van der Waals surface area contributed by atoms with Crippen molar-refractivity contribution in [1.29, 1.82) is 0 Å². The molecule has 0 bridgehead atoms. The summed E-state index contributed by atoms with van der Waals surface area (Å²) in [5, 5.41) is 54.4. The first-order chi connectivity index (χ1) is 31.3. The molecule has 1 amide bonds. The number of nitrogens with one attached hydrogen (secondary N) is 1. The number of aliphatic hydroxyl groups excluding tert-OH is 5. The molecule has 7 unspecified atom stereocenters. The minimum absolute atomic E-state index is 0.188. The van der Waals surface area contributed by atoms with E-state index in [9.17, 15) is 30.3 Å². The molecule has 7 atom stereocenters. The zero-order valence-electron chi connectivity index (χ0n) is 41.5. The van der Waals surface area contributed by atoms with E-state index < -0.39 is 49.5 Å². The van der Waals surface area contributed by atoms with Gasteiger partial charge in [-0.05, 0) is 44.9 Å². The summed E-state index contributed by atoms with van der Waals surface area (Å²) in [5.74, 6) is -0.188. The summed E-state index contributed by atoms with van der Waals surface area (Å²) >= 11 is 0. The fourth-order valence-electron chi connectivity index (χ4n) is 8.60. The molecule has 6 N–H and O–H groups in total. The van der Waals surface area contributed by atoms with Crippen LogP contribution in [0, 0.1) is 0 Å². The van der Waals surface area contributed by atoms with Crippen LogP contribution in [0.15, 0.2) is 36.5 Å². The highest BCUT2D eigenvalue weighted by molar-refractivity contribution is 5.76. The smallest absolute Gasteiger partial charge is 0.220 e. The Balaban J connectivity index is 2.30. The predicted molar refractivity (Wildman–Crippen MR) is 267 cm³/mol. The Morgan fingerprint density at radius 3 is 1.31 bits per heavy atom. The highest BCUT2D eigenvalue weighted by atomic mass is 16.7. The Morgan fingerprint density at radius 2 is 0.891 bits per heavy atom. The molecule has 64 heavy (non-hydrogen) atoms. The van der Waals surface area contributed by atoms with Gasteiger partial charge in [0.05, 0.1) is 25.4 Å². The first kappa shape index (κ1) is 60.4. The van der Waals surface area contributed by atoms with Crippen LogP contribution in [0.1, 0.15) is 251 Å². The Morgan fingerprint density at radius 1 is 0.516 bits per heavy atom. The molecule has 0 spiro atoms. The molecule has 1 heterocycles. The van der Waals surface area contributed by atoms with Crippen LogP contribution in [0.3, 0.4) is 0 Å². The van der Waals surface area contributed by atoms with Gasteiger partial charge in [0.1, 0.15) is 24.4 Å². The topological polar surface area (TPSA) is 149 Å². The van der Waals surface area contributed by atoms with Crippen molar-refractivity contribution >= 4 is 5.91 Å². The van der Waals surface area contributed by atoms with Crippen LogP contribution in [-0.2, 0) is 14.3 Å². The van der Waals surface area contributed by atoms with Gasteiger partial charge in [0.2, 0.25) is 5.91 Å². The quantitative estimate of drug-likeness (QED) is 0.0261. The van der Waals surface area contributed by atoms with Crippen LogP contribution >= 0.6 is 0 Å². The van der Waals surface area contributed by atoms with Crippen molar-refractivity contribution in [2.75, 3.05) is 13.2 Å². The Kier molecular flexibility index (Phi) is 42.7. The molecule has 1 aliphatic heterocycles. The molecule has 0 radical (unpaired) electrons. The van der Waals surface area contributed by atoms with E-state index >= 15 is 0 Å². The highest BCUT2D eigenvalue weighted by Gasteiger charge is 2.44. The fourth-order valence-corrected chi connectivity index (χ4v) is 8.60. The third-order valence-corrected chi connectivity index (χ3v) is 12.9. The molecule has 1 fully saturated rings. The second-order valence-corrected chi connectivity index (χ2v) is 19.0. The van der Waals surface area contributed by atoms with Gasteiger partial charge < -0.3 is 40.3 Å². The second kappa shape index (κ2) is 45.2. The van der Waals surface area contributed by atoms with Crippen LogP contribution < -0.4 is 5.32 Å². The summed E-state index contributed by atoms with van der Waals surface area (Å²) in [4.78, 5) is 13.0. The maximum atomic E-state index is 13.0. The summed E-state index contributed by atoms with van der Waals surface area (Å²) in [7, 11) is 0. The lowest BCUT2D eigenvalue weighted by Gasteiger charge is -2.40. The zero-order valence-corrected chi connectivity index (χ0v) is 41.5. The summed E-state index contributed by atoms with van der Waals surface area (Å²) in [6.07, 6.45) is 50.6. The van der Waals surface area contributed by atoms with E-state index in [-0.39, 0.29) is 12.5 Å². The number of amides is 1. The summed E-state index contributed by atoms with van der Waals surface area (Å²) in [5.41, 5.74) is 0. The van der Waals surface area contributed by atoms with E-state index in [0.29, 0.717) is 6.42 Å². The fraction of sp³-hybridized carbons (Fsp3) is 0.873. The lowest BCUT2D eigenvalue weighted by atomic mass is 9.99. The van der Waals surface area contributed by atoms with Gasteiger partial charge in [0.15, 0.2) is 6.29 Å². The summed E-state index contributed by atoms with van der Waals surface area (Å²) < 4.78 is 11.2. The molecular formula is C55H103NO8. The molecule has 0 aromatic heterocycles. The van der Waals surface area contributed by atoms with Gasteiger partial charge in [-0.25, -0.2) is 0 Å². The number of rotatable bonds is 46. The van der Waals surface area contributed by atoms with Crippen molar-refractivity contribution in [3.8, 4) is 0 Å². The molecule has 1 aliphatic rings. The molecule has 1 saturated heterocycles. The third kappa shape index (κ3) is 34.7. The van der Waals surface area contributed by atoms with Gasteiger partial charge in [-0.3, -0.25) is 4.79 Å². The number of allylic oxidation sites excluding steroid dienone is 5. The normalized spacial score (nSPS) is 20.3. The lowest BCUT2D eigenvalue weighted by Crippen LogP contribution is -2.60. The maximum absolute atomic E-state index is 13.0. The van der Waals surface area contributed by atoms with E-state index in [1.807, 2.05) is 6.08 Å². The number of hydrogen-bond donors (Lipinski definition) is 6. The number of unbranched alkanes of at least 4 members (excludes halogenated alkanes) is 32. The van der Waals surface area contributed by atoms with Gasteiger partial charge in [-0.15, -0.1) is 0 Å². The molecule has 0 saturated carbocycles. The molecular weight excluding hydrogens is 803 g/mol. The van der Waals surface area contributed by atoms with Gasteiger partial charge >= 0.3 is 0 Å². The van der Waals surface area contributed by atoms with Crippen LogP contribution in [0.2, 0.25) is 0 Å². The monoisotopic (exact) mass is 906 g/mol. The van der Waals surface area contributed by atoms with Crippen molar-refractivity contribution in [1.82, 2.24) is 5.32 Å². The number of hydrogen-bond acceptors (Lipinski definition) is 8. The van der Waals surface area contributed by atoms with Crippen molar-refractivity contribution in [2.24, 2.45) is 0 Å². The standard InChI is InChI=1S/C55H103NO8/c1-3-5-7-9-11-13-15-17-19-21-22-23-24-25-26-27-29-30-32-34-36-38-40-42-44-49(58)48(47-63-55-54(62)53(61)52(60)50(46-57)64-55)56-51(59)45-43-41-39-37-35-33-31-28-20-18-16-14-12-10-8-6-4-2/h27,29,34,36,42,44,48-50,52-55,57-58,60-62H,3-26,28,30-33,35,37-41,43,45-47H2,1-2H3,(H,56,59)/b29-27+,36-34+,44-42+. The minimum Gasteiger partial charge on any atom is -0.394 e. The lowest BCUT2D eigenvalue weighted by molar-refractivity contribution is -0.302. The van der Waals surface area contributed by atoms with Crippen molar-refractivity contribution in [2.45, 2.75) is 294 Å². The Bertz CT molecular complexity index is 1100. The molecule has 376 valence electrons. The van der Waals surface area contributed by atoms with Crippen LogP contribution in [0.4, 0.5) is 0 Å². The van der Waals surface area contributed by atoms with Crippen LogP contribution in [0.5, 0.6) is 0 Å². The SMILES string of the molecule is CCCCCCCCCCCCCCCC/C=C/CC/C=C/CC/C=C/C(O)C(COC1OC(CO)C(O)C(O)C1O)NC(=O)CCCCCCCCCCCCCCCCCCC. The minimum atomic E-state index is -1.57. The van der Waals surface area contributed by atoms with Gasteiger partial charge in [0, 0.05) is 6.42 Å². The van der Waals surface area contributed by atoms with E-state index in [0.717, 1.165) is 44.9 Å². The summed E-state index contributed by atoms with van der Waals surface area (Å²) in [6.45, 7) is 3.78.